The summed E-state index contributed by atoms with van der Waals surface area (Å²) in [5.74, 6) is 0.912. The van der Waals surface area contributed by atoms with Crippen molar-refractivity contribution in [3.05, 3.63) is 34.3 Å². The van der Waals surface area contributed by atoms with Crippen molar-refractivity contribution in [2.45, 2.75) is 24.8 Å². The molecule has 0 radical (unpaired) electrons. The highest BCUT2D eigenvalue weighted by Gasteiger charge is 2.46. The average molecular weight is 309 g/mol. The fraction of sp³-hybridized carbons (Fsp3) is 0.500. The van der Waals surface area contributed by atoms with Gasteiger partial charge in [0.25, 0.3) is 0 Å². The van der Waals surface area contributed by atoms with Crippen molar-refractivity contribution < 1.29 is 4.79 Å². The lowest BCUT2D eigenvalue weighted by atomic mass is 10.1. The van der Waals surface area contributed by atoms with Crippen LogP contribution in [0.3, 0.4) is 0 Å². The second-order valence-electron chi connectivity index (χ2n) is 5.33. The van der Waals surface area contributed by atoms with Gasteiger partial charge < -0.3 is 10.6 Å². The van der Waals surface area contributed by atoms with Gasteiger partial charge in [-0.25, -0.2) is 0 Å². The summed E-state index contributed by atoms with van der Waals surface area (Å²) in [6, 6.07) is 8.48. The van der Waals surface area contributed by atoms with E-state index in [4.69, 9.17) is 5.73 Å². The predicted octanol–water partition coefficient (Wildman–Crippen LogP) is 2.11. The topological polar surface area (TPSA) is 46.3 Å². The number of rotatable bonds is 2. The number of amides is 1. The van der Waals surface area contributed by atoms with E-state index < -0.39 is 0 Å². The van der Waals surface area contributed by atoms with Gasteiger partial charge in [-0.1, -0.05) is 28.1 Å². The molecule has 2 aliphatic rings. The van der Waals surface area contributed by atoms with Gasteiger partial charge >= 0.3 is 0 Å². The number of hydrogen-bond donors (Lipinski definition) is 1. The number of likely N-dealkylation sites (tertiary alicyclic amines) is 1. The van der Waals surface area contributed by atoms with Crippen LogP contribution in [0, 0.1) is 5.92 Å². The molecular weight excluding hydrogens is 292 g/mol. The SMILES string of the molecule is N[C@@H]1CCN(C(=O)C2CC2c2ccc(Br)cc2)C1. The van der Waals surface area contributed by atoms with Gasteiger partial charge in [0.1, 0.15) is 0 Å². The molecule has 3 rings (SSSR count). The Morgan fingerprint density at radius 2 is 2.06 bits per heavy atom. The number of nitrogens with two attached hydrogens (primary N) is 1. The molecule has 2 N–H and O–H groups in total. The van der Waals surface area contributed by atoms with Gasteiger partial charge in [-0.3, -0.25) is 4.79 Å². The van der Waals surface area contributed by atoms with Crippen LogP contribution in [0.4, 0.5) is 0 Å². The standard InChI is InChI=1S/C14H17BrN2O/c15-10-3-1-9(2-4-10)12-7-13(12)14(18)17-6-5-11(16)8-17/h1-4,11-13H,5-8,16H2/t11-,12?,13?/m1/s1. The van der Waals surface area contributed by atoms with E-state index in [0.717, 1.165) is 30.4 Å². The van der Waals surface area contributed by atoms with E-state index in [0.29, 0.717) is 11.8 Å². The van der Waals surface area contributed by atoms with Gasteiger partial charge in [-0.15, -0.1) is 0 Å². The third kappa shape index (κ3) is 2.31. The molecule has 2 unspecified atom stereocenters. The number of halogens is 1. The molecule has 1 amide bonds. The fourth-order valence-corrected chi connectivity index (χ4v) is 3.03. The molecule has 1 heterocycles. The minimum absolute atomic E-state index is 0.179. The van der Waals surface area contributed by atoms with Crippen molar-refractivity contribution in [1.29, 1.82) is 0 Å². The summed E-state index contributed by atoms with van der Waals surface area (Å²) in [6.45, 7) is 1.58. The maximum Gasteiger partial charge on any atom is 0.226 e. The summed E-state index contributed by atoms with van der Waals surface area (Å²) < 4.78 is 1.08. The Morgan fingerprint density at radius 3 is 2.67 bits per heavy atom. The summed E-state index contributed by atoms with van der Waals surface area (Å²) in [5, 5.41) is 0. The number of carbonyl (C=O) groups excluding carboxylic acids is 1. The second-order valence-corrected chi connectivity index (χ2v) is 6.25. The van der Waals surface area contributed by atoms with Crippen molar-refractivity contribution in [3.8, 4) is 0 Å². The van der Waals surface area contributed by atoms with E-state index in [1.54, 1.807) is 0 Å². The lowest BCUT2D eigenvalue weighted by Crippen LogP contribution is -2.33. The molecule has 1 aliphatic heterocycles. The van der Waals surface area contributed by atoms with Crippen LogP contribution in [-0.2, 0) is 4.79 Å². The second kappa shape index (κ2) is 4.67. The molecule has 4 heteroatoms. The lowest BCUT2D eigenvalue weighted by Gasteiger charge is -2.15. The van der Waals surface area contributed by atoms with Crippen LogP contribution in [0.2, 0.25) is 0 Å². The highest BCUT2D eigenvalue weighted by Crippen LogP contribution is 2.48. The Hall–Kier alpha value is -0.870. The molecule has 0 bridgehead atoms. The largest absolute Gasteiger partial charge is 0.341 e. The molecule has 3 nitrogen and oxygen atoms in total. The van der Waals surface area contributed by atoms with Crippen LogP contribution < -0.4 is 5.73 Å². The molecule has 1 saturated carbocycles. The molecule has 0 aromatic heterocycles. The normalized spacial score (nSPS) is 30.6. The van der Waals surface area contributed by atoms with Crippen LogP contribution in [-0.4, -0.2) is 29.9 Å². The molecule has 2 fully saturated rings. The molecule has 1 saturated heterocycles. The molecule has 1 aromatic rings. The summed E-state index contributed by atoms with van der Waals surface area (Å²) in [4.78, 5) is 14.2. The fourth-order valence-electron chi connectivity index (χ4n) is 2.77. The first-order valence-corrected chi connectivity index (χ1v) is 7.24. The van der Waals surface area contributed by atoms with Crippen molar-refractivity contribution in [1.82, 2.24) is 4.90 Å². The molecular formula is C14H17BrN2O. The first-order chi connectivity index (χ1) is 8.65. The molecule has 96 valence electrons. The number of carbonyl (C=O) groups is 1. The summed E-state index contributed by atoms with van der Waals surface area (Å²) in [5.41, 5.74) is 7.12. The van der Waals surface area contributed by atoms with Crippen molar-refractivity contribution >= 4 is 21.8 Å². The Bertz CT molecular complexity index is 459. The van der Waals surface area contributed by atoms with E-state index in [1.165, 1.54) is 5.56 Å². The van der Waals surface area contributed by atoms with E-state index in [1.807, 2.05) is 17.0 Å². The smallest absolute Gasteiger partial charge is 0.226 e. The van der Waals surface area contributed by atoms with Gasteiger partial charge in [-0.2, -0.15) is 0 Å². The molecule has 18 heavy (non-hydrogen) atoms. The highest BCUT2D eigenvalue weighted by atomic mass is 79.9. The third-order valence-corrected chi connectivity index (χ3v) is 4.47. The van der Waals surface area contributed by atoms with E-state index in [2.05, 4.69) is 28.1 Å². The van der Waals surface area contributed by atoms with Gasteiger partial charge in [0.15, 0.2) is 0 Å². The van der Waals surface area contributed by atoms with Gasteiger partial charge in [0.2, 0.25) is 5.91 Å². The van der Waals surface area contributed by atoms with Crippen molar-refractivity contribution in [2.75, 3.05) is 13.1 Å². The summed E-state index contributed by atoms with van der Waals surface area (Å²) >= 11 is 3.43. The zero-order valence-corrected chi connectivity index (χ0v) is 11.8. The van der Waals surface area contributed by atoms with Gasteiger partial charge in [0.05, 0.1) is 0 Å². The average Bonchev–Trinajstić information content (AvgIpc) is 3.04. The maximum atomic E-state index is 12.3. The molecule has 1 aliphatic carbocycles. The van der Waals surface area contributed by atoms with E-state index >= 15 is 0 Å². The monoisotopic (exact) mass is 308 g/mol. The lowest BCUT2D eigenvalue weighted by molar-refractivity contribution is -0.131. The molecule has 3 atom stereocenters. The summed E-state index contributed by atoms with van der Waals surface area (Å²) in [7, 11) is 0. The number of nitrogens with zero attached hydrogens (tertiary/aromatic N) is 1. The van der Waals surface area contributed by atoms with Crippen LogP contribution in [0.15, 0.2) is 28.7 Å². The number of hydrogen-bond acceptors (Lipinski definition) is 2. The Balaban J connectivity index is 1.63. The molecule has 1 aromatic carbocycles. The highest BCUT2D eigenvalue weighted by molar-refractivity contribution is 9.10. The Kier molecular flexibility index (Phi) is 3.16. The Morgan fingerprint density at radius 1 is 1.33 bits per heavy atom. The third-order valence-electron chi connectivity index (χ3n) is 3.94. The number of benzene rings is 1. The van der Waals surface area contributed by atoms with Crippen molar-refractivity contribution in [3.63, 3.8) is 0 Å². The zero-order chi connectivity index (χ0) is 12.7. The van der Waals surface area contributed by atoms with E-state index in [9.17, 15) is 4.79 Å². The minimum atomic E-state index is 0.179. The van der Waals surface area contributed by atoms with Crippen LogP contribution in [0.1, 0.15) is 24.3 Å². The zero-order valence-electron chi connectivity index (χ0n) is 10.2. The first kappa shape index (κ1) is 12.2. The predicted molar refractivity (Wildman–Crippen MR) is 74.2 cm³/mol. The quantitative estimate of drug-likeness (QED) is 0.909. The van der Waals surface area contributed by atoms with E-state index in [-0.39, 0.29) is 12.0 Å². The first-order valence-electron chi connectivity index (χ1n) is 6.45. The van der Waals surface area contributed by atoms with Crippen LogP contribution in [0.25, 0.3) is 0 Å². The maximum absolute atomic E-state index is 12.3. The van der Waals surface area contributed by atoms with Gasteiger partial charge in [-0.05, 0) is 36.5 Å². The molecule has 0 spiro atoms. The van der Waals surface area contributed by atoms with Gasteiger partial charge in [0, 0.05) is 29.5 Å². The summed E-state index contributed by atoms with van der Waals surface area (Å²) in [6.07, 6.45) is 1.94. The minimum Gasteiger partial charge on any atom is -0.341 e. The Labute approximate surface area is 115 Å². The van der Waals surface area contributed by atoms with Crippen LogP contribution >= 0.6 is 15.9 Å². The van der Waals surface area contributed by atoms with Crippen molar-refractivity contribution in [2.24, 2.45) is 11.7 Å². The van der Waals surface area contributed by atoms with Crippen LogP contribution in [0.5, 0.6) is 0 Å².